The molecule has 29 heavy (non-hydrogen) atoms. The fourth-order valence-corrected chi connectivity index (χ4v) is 5.05. The van der Waals surface area contributed by atoms with E-state index < -0.39 is 25.2 Å². The van der Waals surface area contributed by atoms with Gasteiger partial charge in [0.2, 0.25) is 0 Å². The van der Waals surface area contributed by atoms with Gasteiger partial charge in [0, 0.05) is 20.3 Å². The third-order valence-electron chi connectivity index (χ3n) is 4.18. The average Bonchev–Trinajstić information content (AvgIpc) is 3.13. The first kappa shape index (κ1) is 21.2. The monoisotopic (exact) mass is 440 g/mol. The summed E-state index contributed by atoms with van der Waals surface area (Å²) in [6, 6.07) is 8.27. The quantitative estimate of drug-likeness (QED) is 0.408. The third-order valence-corrected chi connectivity index (χ3v) is 7.22. The molecule has 0 spiro atoms. The van der Waals surface area contributed by atoms with E-state index in [2.05, 4.69) is 15.0 Å². The van der Waals surface area contributed by atoms with Crippen molar-refractivity contribution in [2.24, 2.45) is 0 Å². The summed E-state index contributed by atoms with van der Waals surface area (Å²) < 4.78 is 42.3. The van der Waals surface area contributed by atoms with Crippen molar-refractivity contribution in [3.8, 4) is 5.75 Å². The number of hydrogen-bond acceptors (Lipinski definition) is 9. The van der Waals surface area contributed by atoms with Crippen LogP contribution in [0.3, 0.4) is 0 Å². The van der Waals surface area contributed by atoms with Crippen molar-refractivity contribution in [2.75, 3.05) is 26.6 Å². The molecular formula is C18H18FN2O6PS. The van der Waals surface area contributed by atoms with Gasteiger partial charge in [-0.2, -0.15) is 0 Å². The van der Waals surface area contributed by atoms with E-state index in [1.807, 2.05) is 0 Å². The first-order valence-corrected chi connectivity index (χ1v) is 10.7. The number of phenols is 1. The second-order valence-corrected chi connectivity index (χ2v) is 9.21. The number of fused-ring (bicyclic) bond motifs is 1. The van der Waals surface area contributed by atoms with Gasteiger partial charge in [-0.3, -0.25) is 4.57 Å². The molecule has 0 aliphatic heterocycles. The lowest BCUT2D eigenvalue weighted by Crippen LogP contribution is -2.14. The molecule has 154 valence electrons. The van der Waals surface area contributed by atoms with Gasteiger partial charge < -0.3 is 24.2 Å². The van der Waals surface area contributed by atoms with Gasteiger partial charge in [-0.1, -0.05) is 17.4 Å². The molecular weight excluding hydrogens is 422 g/mol. The lowest BCUT2D eigenvalue weighted by Gasteiger charge is -2.25. The van der Waals surface area contributed by atoms with E-state index >= 15 is 0 Å². The van der Waals surface area contributed by atoms with Gasteiger partial charge >= 0.3 is 13.6 Å². The van der Waals surface area contributed by atoms with Crippen LogP contribution in [0.15, 0.2) is 36.4 Å². The van der Waals surface area contributed by atoms with Gasteiger partial charge in [0.05, 0.1) is 17.3 Å². The molecule has 1 aromatic heterocycles. The Morgan fingerprint density at radius 2 is 1.93 bits per heavy atom. The number of carbonyl (C=O) groups excluding carboxylic acids is 1. The maximum atomic E-state index is 13.5. The molecule has 2 aromatic carbocycles. The normalized spacial score (nSPS) is 12.7. The molecule has 0 radical (unpaired) electrons. The number of anilines is 1. The molecule has 0 saturated heterocycles. The van der Waals surface area contributed by atoms with Crippen molar-refractivity contribution in [1.29, 1.82) is 0 Å². The van der Waals surface area contributed by atoms with Crippen LogP contribution in [-0.4, -0.2) is 37.4 Å². The number of phenolic OH excluding ortho intramolecular Hbond substituents is 1. The summed E-state index contributed by atoms with van der Waals surface area (Å²) in [6.07, 6.45) is 0. The number of nitrogens with one attached hydrogen (secondary N) is 1. The maximum absolute atomic E-state index is 13.5. The van der Waals surface area contributed by atoms with Crippen LogP contribution < -0.4 is 5.32 Å². The zero-order valence-corrected chi connectivity index (χ0v) is 17.4. The first-order valence-electron chi connectivity index (χ1n) is 8.26. The highest BCUT2D eigenvalue weighted by Crippen LogP contribution is 2.60. The van der Waals surface area contributed by atoms with Gasteiger partial charge in [-0.25, -0.2) is 14.2 Å². The van der Waals surface area contributed by atoms with Gasteiger partial charge in [-0.05, 0) is 29.8 Å². The molecule has 0 aliphatic carbocycles. The summed E-state index contributed by atoms with van der Waals surface area (Å²) in [5.41, 5.74) is 0.657. The van der Waals surface area contributed by atoms with Gasteiger partial charge in [0.1, 0.15) is 17.1 Å². The average molecular weight is 440 g/mol. The number of hydrogen-bond donors (Lipinski definition) is 2. The predicted molar refractivity (Wildman–Crippen MR) is 107 cm³/mol. The molecule has 3 aromatic rings. The van der Waals surface area contributed by atoms with Crippen LogP contribution >= 0.6 is 18.9 Å². The third kappa shape index (κ3) is 4.25. The van der Waals surface area contributed by atoms with E-state index in [1.54, 1.807) is 6.07 Å². The number of thiazole rings is 1. The Balaban J connectivity index is 2.07. The largest absolute Gasteiger partial charge is 0.507 e. The zero-order valence-electron chi connectivity index (χ0n) is 15.7. The van der Waals surface area contributed by atoms with Crippen LogP contribution in [0, 0.1) is 5.82 Å². The molecule has 0 amide bonds. The minimum absolute atomic E-state index is 0.109. The SMILES string of the molecule is COC(=O)c1cc(C(Nc2nc3cc(F)ccc3s2)P(=O)(OC)OC)ccc1O. The van der Waals surface area contributed by atoms with E-state index in [9.17, 15) is 18.9 Å². The summed E-state index contributed by atoms with van der Waals surface area (Å²) in [5.74, 6) is -2.54. The lowest BCUT2D eigenvalue weighted by atomic mass is 10.1. The Hall–Kier alpha value is -2.52. The number of carbonyl (C=O) groups is 1. The molecule has 11 heteroatoms. The number of methoxy groups -OCH3 is 1. The Kier molecular flexibility index (Phi) is 6.18. The number of aromatic nitrogens is 1. The number of aromatic hydroxyl groups is 1. The smallest absolute Gasteiger partial charge is 0.356 e. The van der Waals surface area contributed by atoms with Crippen LogP contribution in [0.1, 0.15) is 21.7 Å². The number of nitrogens with zero attached hydrogens (tertiary/aromatic N) is 1. The maximum Gasteiger partial charge on any atom is 0.356 e. The minimum atomic E-state index is -3.76. The van der Waals surface area contributed by atoms with Crippen LogP contribution in [0.5, 0.6) is 5.75 Å². The Morgan fingerprint density at radius 3 is 2.59 bits per heavy atom. The molecule has 1 heterocycles. The number of benzene rings is 2. The molecule has 0 saturated carbocycles. The van der Waals surface area contributed by atoms with E-state index in [4.69, 9.17) is 9.05 Å². The van der Waals surface area contributed by atoms with Gasteiger partial charge in [0.15, 0.2) is 10.9 Å². The van der Waals surface area contributed by atoms with Crippen molar-refractivity contribution >= 4 is 40.3 Å². The van der Waals surface area contributed by atoms with E-state index in [1.165, 1.54) is 63.0 Å². The van der Waals surface area contributed by atoms with Gasteiger partial charge in [-0.15, -0.1) is 0 Å². The molecule has 8 nitrogen and oxygen atoms in total. The number of halogens is 1. The van der Waals surface area contributed by atoms with Crippen LogP contribution in [-0.2, 0) is 18.3 Å². The minimum Gasteiger partial charge on any atom is -0.507 e. The summed E-state index contributed by atoms with van der Waals surface area (Å²) in [6.45, 7) is 0. The predicted octanol–water partition coefficient (Wildman–Crippen LogP) is 4.52. The van der Waals surface area contributed by atoms with Crippen molar-refractivity contribution in [3.05, 3.63) is 53.3 Å². The standard InChI is InChI=1S/C18H18FN2O6PS/c1-25-17(23)12-8-10(4-6-14(12)22)16(28(24,26-2)27-3)21-18-20-13-9-11(19)5-7-15(13)29-18/h4-9,16,22H,1-3H3,(H,20,21). The Morgan fingerprint density at radius 1 is 1.21 bits per heavy atom. The molecule has 0 aliphatic rings. The molecule has 2 N–H and O–H groups in total. The molecule has 3 rings (SSSR count). The zero-order chi connectivity index (χ0) is 21.2. The highest BCUT2D eigenvalue weighted by molar-refractivity contribution is 7.54. The van der Waals surface area contributed by atoms with E-state index in [0.29, 0.717) is 16.2 Å². The molecule has 1 atom stereocenters. The number of esters is 1. The summed E-state index contributed by atoms with van der Waals surface area (Å²) in [7, 11) is -0.116. The van der Waals surface area contributed by atoms with Crippen LogP contribution in [0.25, 0.3) is 10.2 Å². The van der Waals surface area contributed by atoms with Crippen molar-refractivity contribution in [3.63, 3.8) is 0 Å². The van der Waals surface area contributed by atoms with E-state index in [-0.39, 0.29) is 11.3 Å². The second kappa shape index (κ2) is 8.46. The second-order valence-electron chi connectivity index (χ2n) is 5.85. The Labute approximate surface area is 169 Å². The van der Waals surface area contributed by atoms with E-state index in [0.717, 1.165) is 4.70 Å². The number of ether oxygens (including phenoxy) is 1. The van der Waals surface area contributed by atoms with Gasteiger partial charge in [0.25, 0.3) is 0 Å². The summed E-state index contributed by atoms with van der Waals surface area (Å²) >= 11 is 1.22. The summed E-state index contributed by atoms with van der Waals surface area (Å²) in [4.78, 5) is 16.2. The Bertz CT molecular complexity index is 1100. The van der Waals surface area contributed by atoms with Crippen molar-refractivity contribution < 1.29 is 32.6 Å². The van der Waals surface area contributed by atoms with Crippen LogP contribution in [0.2, 0.25) is 0 Å². The molecule has 0 fully saturated rings. The topological polar surface area (TPSA) is 107 Å². The van der Waals surface area contributed by atoms with Crippen LogP contribution in [0.4, 0.5) is 9.52 Å². The van der Waals surface area contributed by atoms with Crippen molar-refractivity contribution in [1.82, 2.24) is 4.98 Å². The molecule has 1 unspecified atom stereocenters. The number of rotatable bonds is 7. The van der Waals surface area contributed by atoms with Crippen molar-refractivity contribution in [2.45, 2.75) is 5.78 Å². The summed E-state index contributed by atoms with van der Waals surface area (Å²) in [5, 5.41) is 13.3. The fraction of sp³-hybridized carbons (Fsp3) is 0.222. The lowest BCUT2D eigenvalue weighted by molar-refractivity contribution is 0.0597. The molecule has 0 bridgehead atoms. The fourth-order valence-electron chi connectivity index (χ4n) is 2.71. The highest BCUT2D eigenvalue weighted by Gasteiger charge is 2.37. The highest BCUT2D eigenvalue weighted by atomic mass is 32.1. The first-order chi connectivity index (χ1) is 13.8.